The molecule has 0 aliphatic carbocycles. The van der Waals surface area contributed by atoms with Gasteiger partial charge < -0.3 is 5.32 Å². The van der Waals surface area contributed by atoms with Crippen molar-refractivity contribution in [3.05, 3.63) is 46.2 Å². The normalized spacial score (nSPS) is 12.5. The van der Waals surface area contributed by atoms with Crippen LogP contribution in [0, 0.1) is 6.92 Å². The van der Waals surface area contributed by atoms with Gasteiger partial charge in [-0.1, -0.05) is 13.0 Å². The molecule has 0 bridgehead atoms. The van der Waals surface area contributed by atoms with Crippen LogP contribution in [0.4, 0.5) is 0 Å². The number of nitrogens with one attached hydrogen (secondary N) is 1. The van der Waals surface area contributed by atoms with E-state index in [1.807, 2.05) is 18.5 Å². The Kier molecular flexibility index (Phi) is 5.48. The Morgan fingerprint density at radius 3 is 2.95 bits per heavy atom. The summed E-state index contributed by atoms with van der Waals surface area (Å²) in [4.78, 5) is 8.72. The monoisotopic (exact) mass is 275 g/mol. The first kappa shape index (κ1) is 14.2. The predicted molar refractivity (Wildman–Crippen MR) is 80.6 cm³/mol. The van der Waals surface area contributed by atoms with E-state index in [4.69, 9.17) is 0 Å². The van der Waals surface area contributed by atoms with Crippen LogP contribution in [0.3, 0.4) is 0 Å². The third kappa shape index (κ3) is 4.73. The van der Waals surface area contributed by atoms with Crippen molar-refractivity contribution in [1.29, 1.82) is 0 Å². The summed E-state index contributed by atoms with van der Waals surface area (Å²) in [6.07, 6.45) is 6.97. The lowest BCUT2D eigenvalue weighted by molar-refractivity contribution is 0.487. The van der Waals surface area contributed by atoms with E-state index >= 15 is 0 Å². The second-order valence-corrected chi connectivity index (χ2v) is 5.78. The molecule has 2 aromatic rings. The molecule has 2 aromatic heterocycles. The fraction of sp³-hybridized carbons (Fsp3) is 0.467. The summed E-state index contributed by atoms with van der Waals surface area (Å²) in [6, 6.07) is 4.64. The summed E-state index contributed by atoms with van der Waals surface area (Å²) in [5.41, 5.74) is 2.51. The minimum Gasteiger partial charge on any atom is -0.314 e. The molecule has 1 atom stereocenters. The Labute approximate surface area is 119 Å². The quantitative estimate of drug-likeness (QED) is 0.844. The van der Waals surface area contributed by atoms with E-state index in [1.54, 1.807) is 11.3 Å². The average Bonchev–Trinajstić information content (AvgIpc) is 2.83. The number of nitrogens with zero attached hydrogens (tertiary/aromatic N) is 2. The maximum atomic E-state index is 4.55. The van der Waals surface area contributed by atoms with Gasteiger partial charge in [0.2, 0.25) is 0 Å². The van der Waals surface area contributed by atoms with E-state index in [2.05, 4.69) is 40.6 Å². The number of rotatable bonds is 7. The highest BCUT2D eigenvalue weighted by Gasteiger charge is 2.10. The predicted octanol–water partition coefficient (Wildman–Crippen LogP) is 3.00. The molecule has 0 aliphatic heterocycles. The van der Waals surface area contributed by atoms with Gasteiger partial charge in [-0.25, -0.2) is 4.98 Å². The van der Waals surface area contributed by atoms with Gasteiger partial charge in [-0.3, -0.25) is 4.98 Å². The number of hydrogen-bond acceptors (Lipinski definition) is 4. The largest absolute Gasteiger partial charge is 0.314 e. The third-order valence-electron chi connectivity index (χ3n) is 3.12. The molecule has 19 heavy (non-hydrogen) atoms. The van der Waals surface area contributed by atoms with E-state index in [0.29, 0.717) is 6.04 Å². The molecule has 0 aliphatic rings. The van der Waals surface area contributed by atoms with Gasteiger partial charge in [-0.2, -0.15) is 0 Å². The van der Waals surface area contributed by atoms with E-state index < -0.39 is 0 Å². The molecule has 3 nitrogen and oxygen atoms in total. The van der Waals surface area contributed by atoms with Crippen LogP contribution < -0.4 is 5.32 Å². The number of thiazole rings is 1. The number of pyridine rings is 1. The Balaban J connectivity index is 1.89. The van der Waals surface area contributed by atoms with Crippen molar-refractivity contribution in [3.8, 4) is 0 Å². The summed E-state index contributed by atoms with van der Waals surface area (Å²) in [7, 11) is 0. The highest BCUT2D eigenvalue weighted by molar-refractivity contribution is 7.09. The van der Waals surface area contributed by atoms with Crippen LogP contribution in [0.25, 0.3) is 0 Å². The van der Waals surface area contributed by atoms with Gasteiger partial charge in [0, 0.05) is 30.2 Å². The van der Waals surface area contributed by atoms with Gasteiger partial charge in [-0.05, 0) is 37.9 Å². The average molecular weight is 275 g/mol. The first-order valence-electron chi connectivity index (χ1n) is 6.81. The van der Waals surface area contributed by atoms with Crippen molar-refractivity contribution in [2.24, 2.45) is 0 Å². The van der Waals surface area contributed by atoms with Crippen LogP contribution in [0.5, 0.6) is 0 Å². The molecule has 0 aromatic carbocycles. The van der Waals surface area contributed by atoms with Crippen molar-refractivity contribution in [2.75, 3.05) is 6.54 Å². The second-order valence-electron chi connectivity index (χ2n) is 4.72. The third-order valence-corrected chi connectivity index (χ3v) is 3.94. The highest BCUT2D eigenvalue weighted by Crippen LogP contribution is 2.13. The van der Waals surface area contributed by atoms with Crippen molar-refractivity contribution in [3.63, 3.8) is 0 Å². The van der Waals surface area contributed by atoms with Crippen LogP contribution in [-0.4, -0.2) is 22.6 Å². The summed E-state index contributed by atoms with van der Waals surface area (Å²) in [5, 5.41) is 6.88. The van der Waals surface area contributed by atoms with Crippen molar-refractivity contribution >= 4 is 11.3 Å². The van der Waals surface area contributed by atoms with Gasteiger partial charge in [0.25, 0.3) is 0 Å². The van der Waals surface area contributed by atoms with Crippen molar-refractivity contribution in [2.45, 2.75) is 39.2 Å². The molecular weight excluding hydrogens is 254 g/mol. The molecule has 0 fully saturated rings. The van der Waals surface area contributed by atoms with Crippen molar-refractivity contribution < 1.29 is 0 Å². The van der Waals surface area contributed by atoms with Crippen LogP contribution in [-0.2, 0) is 12.8 Å². The standard InChI is InChI=1S/C15H21N3S/c1-3-17-14(9-15-11-19-12(2)18-15)7-6-13-5-4-8-16-10-13/h4-5,8,10-11,14,17H,3,6-7,9H2,1-2H3. The Hall–Kier alpha value is -1.26. The Morgan fingerprint density at radius 2 is 2.32 bits per heavy atom. The maximum absolute atomic E-state index is 4.55. The molecule has 0 radical (unpaired) electrons. The summed E-state index contributed by atoms with van der Waals surface area (Å²) in [5.74, 6) is 0. The first-order chi connectivity index (χ1) is 9.28. The van der Waals surface area contributed by atoms with Crippen LogP contribution in [0.15, 0.2) is 29.9 Å². The van der Waals surface area contributed by atoms with E-state index in [0.717, 1.165) is 30.8 Å². The molecule has 0 spiro atoms. The van der Waals surface area contributed by atoms with Gasteiger partial charge in [-0.15, -0.1) is 11.3 Å². The number of aryl methyl sites for hydroxylation is 2. The van der Waals surface area contributed by atoms with Gasteiger partial charge in [0.1, 0.15) is 0 Å². The first-order valence-corrected chi connectivity index (χ1v) is 7.69. The molecule has 1 N–H and O–H groups in total. The fourth-order valence-corrected chi connectivity index (χ4v) is 2.83. The van der Waals surface area contributed by atoms with E-state index in [-0.39, 0.29) is 0 Å². The van der Waals surface area contributed by atoms with Crippen molar-refractivity contribution in [1.82, 2.24) is 15.3 Å². The number of likely N-dealkylation sites (N-methyl/N-ethyl adjacent to an activating group) is 1. The zero-order valence-corrected chi connectivity index (χ0v) is 12.4. The Morgan fingerprint density at radius 1 is 1.42 bits per heavy atom. The lowest BCUT2D eigenvalue weighted by Crippen LogP contribution is -2.31. The second kappa shape index (κ2) is 7.36. The molecule has 102 valence electrons. The molecule has 2 rings (SSSR count). The molecule has 1 unspecified atom stereocenters. The summed E-state index contributed by atoms with van der Waals surface area (Å²) < 4.78 is 0. The fourth-order valence-electron chi connectivity index (χ4n) is 2.21. The number of aromatic nitrogens is 2. The van der Waals surface area contributed by atoms with E-state index in [9.17, 15) is 0 Å². The molecule has 0 saturated carbocycles. The van der Waals surface area contributed by atoms with Crippen LogP contribution >= 0.6 is 11.3 Å². The van der Waals surface area contributed by atoms with Crippen LogP contribution in [0.2, 0.25) is 0 Å². The van der Waals surface area contributed by atoms with Gasteiger partial charge >= 0.3 is 0 Å². The van der Waals surface area contributed by atoms with Gasteiger partial charge in [0.15, 0.2) is 0 Å². The topological polar surface area (TPSA) is 37.8 Å². The maximum Gasteiger partial charge on any atom is 0.0897 e. The highest BCUT2D eigenvalue weighted by atomic mass is 32.1. The summed E-state index contributed by atoms with van der Waals surface area (Å²) in [6.45, 7) is 5.22. The Bertz CT molecular complexity index is 481. The minimum atomic E-state index is 0.492. The number of hydrogen-bond donors (Lipinski definition) is 1. The SMILES string of the molecule is CCNC(CCc1cccnc1)Cc1csc(C)n1. The molecule has 0 saturated heterocycles. The van der Waals surface area contributed by atoms with Crippen LogP contribution in [0.1, 0.15) is 29.6 Å². The zero-order chi connectivity index (χ0) is 13.5. The molecular formula is C15H21N3S. The lowest BCUT2D eigenvalue weighted by atomic mass is 10.0. The molecule has 4 heteroatoms. The van der Waals surface area contributed by atoms with E-state index in [1.165, 1.54) is 11.3 Å². The smallest absolute Gasteiger partial charge is 0.0897 e. The zero-order valence-electron chi connectivity index (χ0n) is 11.6. The molecule has 0 amide bonds. The van der Waals surface area contributed by atoms with Gasteiger partial charge in [0.05, 0.1) is 10.7 Å². The lowest BCUT2D eigenvalue weighted by Gasteiger charge is -2.16. The molecule has 2 heterocycles. The summed E-state index contributed by atoms with van der Waals surface area (Å²) >= 11 is 1.73. The minimum absolute atomic E-state index is 0.492.